The van der Waals surface area contributed by atoms with Crippen LogP contribution in [0, 0.1) is 23.7 Å². The van der Waals surface area contributed by atoms with E-state index in [4.69, 9.17) is 4.74 Å². The van der Waals surface area contributed by atoms with Gasteiger partial charge in [-0.15, -0.1) is 0 Å². The summed E-state index contributed by atoms with van der Waals surface area (Å²) < 4.78 is 10.6. The molecule has 22 heavy (non-hydrogen) atoms. The van der Waals surface area contributed by atoms with Gasteiger partial charge in [-0.25, -0.2) is 4.79 Å². The van der Waals surface area contributed by atoms with Crippen molar-refractivity contribution in [2.75, 3.05) is 7.11 Å². The van der Waals surface area contributed by atoms with Crippen LogP contribution in [0.3, 0.4) is 0 Å². The zero-order valence-electron chi connectivity index (χ0n) is 13.6. The number of hydrogen-bond donors (Lipinski definition) is 0. The molecule has 0 unspecified atom stereocenters. The van der Waals surface area contributed by atoms with E-state index in [9.17, 15) is 9.59 Å². The molecule has 0 aromatic heterocycles. The highest BCUT2D eigenvalue weighted by Crippen LogP contribution is 2.60. The Morgan fingerprint density at radius 2 is 1.64 bits per heavy atom. The number of methoxy groups -OCH3 is 1. The Morgan fingerprint density at radius 1 is 1.09 bits per heavy atom. The molecule has 0 saturated heterocycles. The van der Waals surface area contributed by atoms with Gasteiger partial charge < -0.3 is 9.47 Å². The van der Waals surface area contributed by atoms with Crippen LogP contribution in [-0.4, -0.2) is 24.6 Å². The van der Waals surface area contributed by atoms with E-state index in [0.29, 0.717) is 11.8 Å². The van der Waals surface area contributed by atoms with E-state index in [-0.39, 0.29) is 17.6 Å². The minimum absolute atomic E-state index is 0.0876. The first-order valence-corrected chi connectivity index (χ1v) is 8.46. The maximum Gasteiger partial charge on any atom is 0.334 e. The van der Waals surface area contributed by atoms with E-state index in [1.807, 2.05) is 0 Å². The molecule has 0 atom stereocenters. The minimum atomic E-state index is -0.447. The van der Waals surface area contributed by atoms with E-state index in [1.54, 1.807) is 0 Å². The zero-order chi connectivity index (χ0) is 15.9. The van der Waals surface area contributed by atoms with Gasteiger partial charge >= 0.3 is 11.9 Å². The average Bonchev–Trinajstić information content (AvgIpc) is 2.49. The van der Waals surface area contributed by atoms with Gasteiger partial charge in [-0.05, 0) is 62.2 Å². The lowest BCUT2D eigenvalue weighted by Gasteiger charge is -2.60. The summed E-state index contributed by atoms with van der Waals surface area (Å²) in [5, 5.41) is 0. The largest absolute Gasteiger partial charge is 0.469 e. The second-order valence-corrected chi connectivity index (χ2v) is 7.36. The minimum Gasteiger partial charge on any atom is -0.469 e. The Hall–Kier alpha value is -1.32. The molecule has 0 aromatic rings. The van der Waals surface area contributed by atoms with Crippen molar-refractivity contribution >= 4 is 11.9 Å². The monoisotopic (exact) mass is 306 g/mol. The van der Waals surface area contributed by atoms with Crippen molar-refractivity contribution < 1.29 is 19.1 Å². The molecule has 0 radical (unpaired) electrons. The second-order valence-electron chi connectivity index (χ2n) is 7.36. The lowest BCUT2D eigenvalue weighted by molar-refractivity contribution is -0.207. The second kappa shape index (κ2) is 5.71. The van der Waals surface area contributed by atoms with Crippen molar-refractivity contribution in [2.45, 2.75) is 57.5 Å². The molecular formula is C18H26O4. The Morgan fingerprint density at radius 3 is 2.09 bits per heavy atom. The van der Waals surface area contributed by atoms with Crippen molar-refractivity contribution in [3.63, 3.8) is 0 Å². The summed E-state index contributed by atoms with van der Waals surface area (Å²) in [5.74, 6) is 1.78. The summed E-state index contributed by atoms with van der Waals surface area (Å²) >= 11 is 0. The molecule has 0 amide bonds. The highest BCUT2D eigenvalue weighted by Gasteiger charge is 2.58. The summed E-state index contributed by atoms with van der Waals surface area (Å²) in [5.41, 5.74) is -0.128. The molecule has 0 aliphatic heterocycles. The lowest BCUT2D eigenvalue weighted by Crippen LogP contribution is -2.59. The van der Waals surface area contributed by atoms with Gasteiger partial charge in [-0.3, -0.25) is 4.79 Å². The number of rotatable bonds is 5. The smallest absolute Gasteiger partial charge is 0.334 e. The fraction of sp³-hybridized carbons (Fsp3) is 0.778. The van der Waals surface area contributed by atoms with Crippen LogP contribution < -0.4 is 0 Å². The highest BCUT2D eigenvalue weighted by molar-refractivity contribution is 5.93. The van der Waals surface area contributed by atoms with Gasteiger partial charge in [0.2, 0.25) is 0 Å². The number of esters is 2. The van der Waals surface area contributed by atoms with E-state index >= 15 is 0 Å². The van der Waals surface area contributed by atoms with Gasteiger partial charge in [0, 0.05) is 5.57 Å². The number of ether oxygens (including phenoxy) is 2. The number of carbonyl (C=O) groups excluding carboxylic acids is 2. The average molecular weight is 306 g/mol. The van der Waals surface area contributed by atoms with Gasteiger partial charge in [0.25, 0.3) is 0 Å². The molecule has 4 aliphatic carbocycles. The first-order chi connectivity index (χ1) is 10.5. The molecule has 122 valence electrons. The molecule has 0 spiro atoms. The molecule has 4 aliphatic rings. The normalized spacial score (nSPS) is 38.6. The van der Waals surface area contributed by atoms with Crippen molar-refractivity contribution in [2.24, 2.45) is 23.7 Å². The third-order valence-electron chi connectivity index (χ3n) is 6.23. The topological polar surface area (TPSA) is 52.6 Å². The predicted molar refractivity (Wildman–Crippen MR) is 81.9 cm³/mol. The first-order valence-electron chi connectivity index (χ1n) is 8.46. The molecular weight excluding hydrogens is 280 g/mol. The van der Waals surface area contributed by atoms with Gasteiger partial charge in [-0.1, -0.05) is 13.5 Å². The molecule has 0 aromatic carbocycles. The SMILES string of the molecule is C=C(CC(=O)OC)C(=O)OC1(CC)C2CC3CC(C2)CC1C3. The molecule has 4 heteroatoms. The van der Waals surface area contributed by atoms with Gasteiger partial charge in [-0.2, -0.15) is 0 Å². The van der Waals surface area contributed by atoms with Gasteiger partial charge in [0.1, 0.15) is 5.60 Å². The van der Waals surface area contributed by atoms with Crippen LogP contribution >= 0.6 is 0 Å². The maximum absolute atomic E-state index is 12.4. The molecule has 4 nitrogen and oxygen atoms in total. The third kappa shape index (κ3) is 2.46. The fourth-order valence-electron chi connectivity index (χ4n) is 5.36. The van der Waals surface area contributed by atoms with Crippen LogP contribution in [0.2, 0.25) is 0 Å². The van der Waals surface area contributed by atoms with Crippen molar-refractivity contribution in [1.29, 1.82) is 0 Å². The Kier molecular flexibility index (Phi) is 4.04. The molecule has 0 N–H and O–H groups in total. The van der Waals surface area contributed by atoms with E-state index in [0.717, 1.165) is 18.3 Å². The zero-order valence-corrected chi connectivity index (χ0v) is 13.6. The molecule has 0 heterocycles. The quantitative estimate of drug-likeness (QED) is 0.578. The van der Waals surface area contributed by atoms with Crippen LogP contribution in [0.5, 0.6) is 0 Å². The van der Waals surface area contributed by atoms with E-state index in [2.05, 4.69) is 18.2 Å². The lowest BCUT2D eigenvalue weighted by atomic mass is 9.49. The van der Waals surface area contributed by atoms with Crippen molar-refractivity contribution in [1.82, 2.24) is 0 Å². The Labute approximate surface area is 132 Å². The molecule has 4 fully saturated rings. The summed E-state index contributed by atoms with van der Waals surface area (Å²) in [7, 11) is 1.31. The first kappa shape index (κ1) is 15.6. The Bertz CT molecular complexity index is 465. The fourth-order valence-corrected chi connectivity index (χ4v) is 5.36. The van der Waals surface area contributed by atoms with E-state index < -0.39 is 11.9 Å². The van der Waals surface area contributed by atoms with Crippen LogP contribution in [0.25, 0.3) is 0 Å². The summed E-state index contributed by atoms with van der Waals surface area (Å²) in [4.78, 5) is 23.7. The summed E-state index contributed by atoms with van der Waals surface area (Å²) in [6.45, 7) is 5.84. The maximum atomic E-state index is 12.4. The van der Waals surface area contributed by atoms with Crippen molar-refractivity contribution in [3.8, 4) is 0 Å². The van der Waals surface area contributed by atoms with E-state index in [1.165, 1.54) is 39.2 Å². The number of carbonyl (C=O) groups is 2. The standard InChI is InChI=1S/C18H26O4/c1-4-18(22-17(20)11(2)5-16(19)21-3)14-7-12-6-13(9-14)10-15(18)8-12/h12-15H,2,4-10H2,1,3H3. The molecule has 4 bridgehead atoms. The Balaban J connectivity index is 1.73. The van der Waals surface area contributed by atoms with Gasteiger partial charge in [0.05, 0.1) is 13.5 Å². The third-order valence-corrected chi connectivity index (χ3v) is 6.23. The van der Waals surface area contributed by atoms with Crippen LogP contribution in [0.15, 0.2) is 12.2 Å². The van der Waals surface area contributed by atoms with Crippen LogP contribution in [0.4, 0.5) is 0 Å². The number of hydrogen-bond acceptors (Lipinski definition) is 4. The van der Waals surface area contributed by atoms with Crippen LogP contribution in [-0.2, 0) is 19.1 Å². The summed E-state index contributed by atoms with van der Waals surface area (Å²) in [6, 6.07) is 0. The molecule has 4 rings (SSSR count). The van der Waals surface area contributed by atoms with Gasteiger partial charge in [0.15, 0.2) is 0 Å². The predicted octanol–water partition coefficient (Wildman–Crippen LogP) is 3.25. The summed E-state index contributed by atoms with van der Waals surface area (Å²) in [6.07, 6.45) is 6.91. The highest BCUT2D eigenvalue weighted by atomic mass is 16.6. The molecule has 4 saturated carbocycles. The van der Waals surface area contributed by atoms with Crippen molar-refractivity contribution in [3.05, 3.63) is 12.2 Å². The van der Waals surface area contributed by atoms with Crippen LogP contribution in [0.1, 0.15) is 51.9 Å².